The predicted molar refractivity (Wildman–Crippen MR) is 90.3 cm³/mol. The van der Waals surface area contributed by atoms with Crippen LogP contribution in [-0.2, 0) is 6.54 Å². The molecule has 0 amide bonds. The van der Waals surface area contributed by atoms with E-state index >= 15 is 0 Å². The van der Waals surface area contributed by atoms with E-state index in [1.54, 1.807) is 6.20 Å². The number of aryl methyl sites for hydroxylation is 1. The second kappa shape index (κ2) is 5.92. The van der Waals surface area contributed by atoms with Crippen LogP contribution in [0.1, 0.15) is 11.1 Å². The van der Waals surface area contributed by atoms with E-state index in [1.807, 2.05) is 49.4 Å². The Morgan fingerprint density at radius 1 is 1.05 bits per heavy atom. The lowest BCUT2D eigenvalue weighted by Crippen LogP contribution is -2.01. The molecular weight excluding hydrogens is 303 g/mol. The molecule has 2 aromatic carbocycles. The summed E-state index contributed by atoms with van der Waals surface area (Å²) in [5, 5.41) is 5.76. The number of benzene rings is 2. The van der Waals surface area contributed by atoms with Crippen molar-refractivity contribution in [1.82, 2.24) is 4.98 Å². The zero-order valence-electron chi connectivity index (χ0n) is 11.5. The van der Waals surface area contributed by atoms with Crippen molar-refractivity contribution < 1.29 is 0 Å². The summed E-state index contributed by atoms with van der Waals surface area (Å²) >= 11 is 12.4. The molecule has 1 heterocycles. The van der Waals surface area contributed by atoms with Gasteiger partial charge in [-0.2, -0.15) is 0 Å². The van der Waals surface area contributed by atoms with E-state index in [-0.39, 0.29) is 0 Å². The highest BCUT2D eigenvalue weighted by Gasteiger charge is 2.06. The molecule has 21 heavy (non-hydrogen) atoms. The fourth-order valence-electron chi connectivity index (χ4n) is 2.29. The Bertz CT molecular complexity index is 800. The Morgan fingerprint density at radius 3 is 2.71 bits per heavy atom. The third-order valence-electron chi connectivity index (χ3n) is 3.39. The summed E-state index contributed by atoms with van der Waals surface area (Å²) in [6, 6.07) is 13.7. The number of aromatic nitrogens is 1. The van der Waals surface area contributed by atoms with Crippen molar-refractivity contribution in [3.8, 4) is 0 Å². The van der Waals surface area contributed by atoms with Crippen LogP contribution in [0.5, 0.6) is 0 Å². The van der Waals surface area contributed by atoms with E-state index in [1.165, 1.54) is 0 Å². The first kappa shape index (κ1) is 14.2. The van der Waals surface area contributed by atoms with E-state index < -0.39 is 0 Å². The molecule has 0 aliphatic heterocycles. The van der Waals surface area contributed by atoms with Gasteiger partial charge in [0.2, 0.25) is 0 Å². The normalized spacial score (nSPS) is 10.8. The largest absolute Gasteiger partial charge is 0.380 e. The van der Waals surface area contributed by atoms with Gasteiger partial charge in [0.15, 0.2) is 0 Å². The maximum atomic E-state index is 6.24. The van der Waals surface area contributed by atoms with Gasteiger partial charge in [-0.15, -0.1) is 0 Å². The number of fused-ring (bicyclic) bond motifs is 1. The van der Waals surface area contributed by atoms with Gasteiger partial charge in [-0.3, -0.25) is 4.98 Å². The van der Waals surface area contributed by atoms with Crippen molar-refractivity contribution in [2.24, 2.45) is 0 Å². The molecule has 0 aliphatic carbocycles. The molecule has 0 radical (unpaired) electrons. The molecule has 3 aromatic rings. The topological polar surface area (TPSA) is 24.9 Å². The van der Waals surface area contributed by atoms with Crippen LogP contribution in [-0.4, -0.2) is 4.98 Å². The van der Waals surface area contributed by atoms with Crippen molar-refractivity contribution in [1.29, 1.82) is 0 Å². The summed E-state index contributed by atoms with van der Waals surface area (Å²) in [5.74, 6) is 0. The molecule has 0 saturated heterocycles. The fraction of sp³-hybridized carbons (Fsp3) is 0.118. The molecular formula is C17H14Cl2N2. The quantitative estimate of drug-likeness (QED) is 0.693. The lowest BCUT2D eigenvalue weighted by Gasteiger charge is -2.11. The van der Waals surface area contributed by atoms with E-state index in [2.05, 4.69) is 10.3 Å². The Morgan fingerprint density at radius 2 is 1.90 bits per heavy atom. The van der Waals surface area contributed by atoms with Crippen LogP contribution in [0.25, 0.3) is 10.9 Å². The summed E-state index contributed by atoms with van der Waals surface area (Å²) in [7, 11) is 0. The first-order valence-corrected chi connectivity index (χ1v) is 7.43. The van der Waals surface area contributed by atoms with Crippen LogP contribution in [0.2, 0.25) is 10.0 Å². The van der Waals surface area contributed by atoms with Gasteiger partial charge in [0, 0.05) is 23.2 Å². The van der Waals surface area contributed by atoms with Crippen molar-refractivity contribution in [3.63, 3.8) is 0 Å². The van der Waals surface area contributed by atoms with Crippen molar-refractivity contribution in [3.05, 3.63) is 69.8 Å². The maximum Gasteiger partial charge on any atom is 0.0766 e. The summed E-state index contributed by atoms with van der Waals surface area (Å²) in [6.45, 7) is 2.67. The SMILES string of the molecule is Cc1ccc(NCc2ccc(Cl)c3cccnc23)c(Cl)c1. The minimum Gasteiger partial charge on any atom is -0.380 e. The van der Waals surface area contributed by atoms with Crippen molar-refractivity contribution in [2.75, 3.05) is 5.32 Å². The molecule has 1 aromatic heterocycles. The Balaban J connectivity index is 1.90. The first-order valence-electron chi connectivity index (χ1n) is 6.67. The Hall–Kier alpha value is -1.77. The highest BCUT2D eigenvalue weighted by atomic mass is 35.5. The standard InChI is InChI=1S/C17H14Cl2N2/c1-11-4-7-16(15(19)9-11)21-10-12-5-6-14(18)13-3-2-8-20-17(12)13/h2-9,21H,10H2,1H3. The van der Waals surface area contributed by atoms with Crippen molar-refractivity contribution >= 4 is 39.8 Å². The zero-order chi connectivity index (χ0) is 14.8. The summed E-state index contributed by atoms with van der Waals surface area (Å²) in [6.07, 6.45) is 1.78. The van der Waals surface area contributed by atoms with E-state index in [0.29, 0.717) is 6.54 Å². The van der Waals surface area contributed by atoms with Gasteiger partial charge in [0.1, 0.15) is 0 Å². The average Bonchev–Trinajstić information content (AvgIpc) is 2.48. The molecule has 0 atom stereocenters. The lowest BCUT2D eigenvalue weighted by molar-refractivity contribution is 1.15. The third-order valence-corrected chi connectivity index (χ3v) is 4.04. The first-order chi connectivity index (χ1) is 10.1. The van der Waals surface area contributed by atoms with Crippen LogP contribution >= 0.6 is 23.2 Å². The number of pyridine rings is 1. The second-order valence-corrected chi connectivity index (χ2v) is 5.76. The lowest BCUT2D eigenvalue weighted by atomic mass is 10.1. The number of hydrogen-bond donors (Lipinski definition) is 1. The van der Waals surface area contributed by atoms with E-state index in [0.717, 1.165) is 37.8 Å². The summed E-state index contributed by atoms with van der Waals surface area (Å²) in [5.41, 5.74) is 4.07. The molecule has 1 N–H and O–H groups in total. The van der Waals surface area contributed by atoms with E-state index in [4.69, 9.17) is 23.2 Å². The molecule has 0 saturated carbocycles. The van der Waals surface area contributed by atoms with Crippen LogP contribution in [0.15, 0.2) is 48.7 Å². The van der Waals surface area contributed by atoms with Crippen LogP contribution in [0.4, 0.5) is 5.69 Å². The Labute approximate surface area is 133 Å². The third kappa shape index (κ3) is 2.97. The van der Waals surface area contributed by atoms with Crippen LogP contribution < -0.4 is 5.32 Å². The maximum absolute atomic E-state index is 6.24. The highest BCUT2D eigenvalue weighted by Crippen LogP contribution is 2.27. The minimum absolute atomic E-state index is 0.646. The number of halogens is 2. The van der Waals surface area contributed by atoms with E-state index in [9.17, 15) is 0 Å². The molecule has 106 valence electrons. The van der Waals surface area contributed by atoms with Gasteiger partial charge in [0.25, 0.3) is 0 Å². The van der Waals surface area contributed by atoms with Crippen molar-refractivity contribution in [2.45, 2.75) is 13.5 Å². The number of hydrogen-bond acceptors (Lipinski definition) is 2. The fourth-order valence-corrected chi connectivity index (χ4v) is 2.81. The molecule has 0 aliphatic rings. The molecule has 4 heteroatoms. The van der Waals surface area contributed by atoms with Crippen LogP contribution in [0.3, 0.4) is 0 Å². The van der Waals surface area contributed by atoms with Gasteiger partial charge in [-0.1, -0.05) is 35.3 Å². The predicted octanol–water partition coefficient (Wildman–Crippen LogP) is 5.46. The number of rotatable bonds is 3. The van der Waals surface area contributed by atoms with Gasteiger partial charge in [-0.25, -0.2) is 0 Å². The summed E-state index contributed by atoms with van der Waals surface area (Å²) < 4.78 is 0. The molecule has 2 nitrogen and oxygen atoms in total. The van der Waals surface area contributed by atoms with Gasteiger partial charge >= 0.3 is 0 Å². The Kier molecular flexibility index (Phi) is 4.00. The molecule has 0 spiro atoms. The minimum atomic E-state index is 0.646. The molecule has 0 bridgehead atoms. The summed E-state index contributed by atoms with van der Waals surface area (Å²) in [4.78, 5) is 4.43. The van der Waals surface area contributed by atoms with Gasteiger partial charge in [-0.05, 0) is 48.4 Å². The zero-order valence-corrected chi connectivity index (χ0v) is 13.0. The van der Waals surface area contributed by atoms with Crippen LogP contribution in [0, 0.1) is 6.92 Å². The monoisotopic (exact) mass is 316 g/mol. The number of anilines is 1. The highest BCUT2D eigenvalue weighted by molar-refractivity contribution is 6.35. The number of nitrogens with zero attached hydrogens (tertiary/aromatic N) is 1. The second-order valence-electron chi connectivity index (χ2n) is 4.94. The van der Waals surface area contributed by atoms with Gasteiger partial charge < -0.3 is 5.32 Å². The molecule has 3 rings (SSSR count). The average molecular weight is 317 g/mol. The molecule has 0 unspecified atom stereocenters. The smallest absolute Gasteiger partial charge is 0.0766 e. The molecule has 0 fully saturated rings. The number of nitrogens with one attached hydrogen (secondary N) is 1. The van der Waals surface area contributed by atoms with Gasteiger partial charge in [0.05, 0.1) is 16.2 Å².